The normalized spacial score (nSPS) is 17.9. The Morgan fingerprint density at radius 2 is 1.68 bits per heavy atom. The number of hydrogen-bond donors (Lipinski definition) is 1. The van der Waals surface area contributed by atoms with Gasteiger partial charge in [-0.15, -0.1) is 0 Å². The quantitative estimate of drug-likeness (QED) is 0.824. The van der Waals surface area contributed by atoms with Crippen LogP contribution in [0.2, 0.25) is 5.02 Å². The van der Waals surface area contributed by atoms with Gasteiger partial charge in [0.05, 0.1) is 12.1 Å². The van der Waals surface area contributed by atoms with Crippen LogP contribution in [0.15, 0.2) is 53.0 Å². The van der Waals surface area contributed by atoms with Gasteiger partial charge in [0.25, 0.3) is 5.91 Å². The number of anilines is 2. The molecule has 1 N–H and O–H groups in total. The third kappa shape index (κ3) is 3.00. The number of rotatable bonds is 3. The van der Waals surface area contributed by atoms with E-state index < -0.39 is 6.04 Å². The molecule has 4 nitrogen and oxygen atoms in total. The number of benzene rings is 2. The molecule has 0 radical (unpaired) electrons. The number of nitrogens with zero attached hydrogens (tertiary/aromatic N) is 1. The fourth-order valence-corrected chi connectivity index (χ4v) is 2.74. The maximum atomic E-state index is 12.5. The molecule has 1 atom stereocenters. The fourth-order valence-electron chi connectivity index (χ4n) is 2.35. The van der Waals surface area contributed by atoms with Crippen LogP contribution >= 0.6 is 27.5 Å². The summed E-state index contributed by atoms with van der Waals surface area (Å²) in [6.07, 6.45) is 0.136. The topological polar surface area (TPSA) is 49.4 Å². The Bertz CT molecular complexity index is 716. The summed E-state index contributed by atoms with van der Waals surface area (Å²) in [5.41, 5.74) is 1.34. The summed E-state index contributed by atoms with van der Waals surface area (Å²) in [5.74, 6) is -0.457. The van der Waals surface area contributed by atoms with Crippen molar-refractivity contribution in [1.82, 2.24) is 0 Å². The van der Waals surface area contributed by atoms with Crippen LogP contribution in [0, 0.1) is 0 Å². The SMILES string of the molecule is O=C1C[C@@H](Nc2ccc(Cl)cc2)C(=O)N1c1ccc(Br)cc1. The third-order valence-electron chi connectivity index (χ3n) is 3.42. The first-order chi connectivity index (χ1) is 10.5. The highest BCUT2D eigenvalue weighted by Crippen LogP contribution is 2.26. The maximum absolute atomic E-state index is 12.5. The molecular formula is C16H12BrClN2O2. The number of carbonyl (C=O) groups excluding carboxylic acids is 2. The van der Waals surface area contributed by atoms with Crippen molar-refractivity contribution in [3.63, 3.8) is 0 Å². The summed E-state index contributed by atoms with van der Waals surface area (Å²) < 4.78 is 0.895. The lowest BCUT2D eigenvalue weighted by molar-refractivity contribution is -0.121. The van der Waals surface area contributed by atoms with Crippen LogP contribution < -0.4 is 10.2 Å². The summed E-state index contributed by atoms with van der Waals surface area (Å²) in [4.78, 5) is 25.9. The lowest BCUT2D eigenvalue weighted by Crippen LogP contribution is -2.34. The van der Waals surface area contributed by atoms with Crippen LogP contribution in [0.4, 0.5) is 11.4 Å². The van der Waals surface area contributed by atoms with E-state index in [1.54, 1.807) is 48.5 Å². The molecule has 0 spiro atoms. The average molecular weight is 380 g/mol. The largest absolute Gasteiger partial charge is 0.373 e. The molecule has 0 aliphatic carbocycles. The van der Waals surface area contributed by atoms with E-state index in [1.807, 2.05) is 0 Å². The van der Waals surface area contributed by atoms with Gasteiger partial charge in [-0.3, -0.25) is 9.59 Å². The highest BCUT2D eigenvalue weighted by atomic mass is 79.9. The lowest BCUT2D eigenvalue weighted by atomic mass is 10.2. The maximum Gasteiger partial charge on any atom is 0.256 e. The van der Waals surface area contributed by atoms with E-state index in [1.165, 1.54) is 4.90 Å². The van der Waals surface area contributed by atoms with Gasteiger partial charge in [0, 0.05) is 15.2 Å². The van der Waals surface area contributed by atoms with Gasteiger partial charge in [0.15, 0.2) is 0 Å². The molecule has 2 amide bonds. The number of imide groups is 1. The average Bonchev–Trinajstić information content (AvgIpc) is 2.77. The molecule has 1 aliphatic rings. The Morgan fingerprint density at radius 3 is 2.32 bits per heavy atom. The zero-order valence-electron chi connectivity index (χ0n) is 11.4. The zero-order valence-corrected chi connectivity index (χ0v) is 13.8. The summed E-state index contributed by atoms with van der Waals surface area (Å²) in [5, 5.41) is 3.70. The second-order valence-electron chi connectivity index (χ2n) is 4.95. The molecule has 1 saturated heterocycles. The van der Waals surface area contributed by atoms with Gasteiger partial charge in [-0.25, -0.2) is 4.90 Å². The summed E-state index contributed by atoms with van der Waals surface area (Å²) in [6, 6.07) is 13.6. The Labute approximate surface area is 141 Å². The van der Waals surface area contributed by atoms with E-state index in [2.05, 4.69) is 21.2 Å². The third-order valence-corrected chi connectivity index (χ3v) is 4.20. The minimum Gasteiger partial charge on any atom is -0.373 e. The van der Waals surface area contributed by atoms with Gasteiger partial charge in [0.1, 0.15) is 6.04 Å². The van der Waals surface area contributed by atoms with Crippen molar-refractivity contribution in [2.75, 3.05) is 10.2 Å². The van der Waals surface area contributed by atoms with E-state index in [9.17, 15) is 9.59 Å². The summed E-state index contributed by atoms with van der Waals surface area (Å²) in [6.45, 7) is 0. The molecule has 22 heavy (non-hydrogen) atoms. The van der Waals surface area contributed by atoms with Gasteiger partial charge in [-0.1, -0.05) is 27.5 Å². The van der Waals surface area contributed by atoms with Crippen LogP contribution in [0.1, 0.15) is 6.42 Å². The van der Waals surface area contributed by atoms with E-state index in [4.69, 9.17) is 11.6 Å². The highest BCUT2D eigenvalue weighted by molar-refractivity contribution is 9.10. The minimum absolute atomic E-state index is 0.136. The highest BCUT2D eigenvalue weighted by Gasteiger charge is 2.39. The lowest BCUT2D eigenvalue weighted by Gasteiger charge is -2.16. The predicted molar refractivity (Wildman–Crippen MR) is 90.1 cm³/mol. The first kappa shape index (κ1) is 15.1. The van der Waals surface area contributed by atoms with Crippen molar-refractivity contribution in [3.05, 3.63) is 58.0 Å². The molecule has 0 saturated carbocycles. The monoisotopic (exact) mass is 378 g/mol. The van der Waals surface area contributed by atoms with Crippen molar-refractivity contribution in [1.29, 1.82) is 0 Å². The molecule has 3 rings (SSSR count). The van der Waals surface area contributed by atoms with Crippen molar-refractivity contribution < 1.29 is 9.59 Å². The Morgan fingerprint density at radius 1 is 1.05 bits per heavy atom. The van der Waals surface area contributed by atoms with Crippen LogP contribution in [-0.4, -0.2) is 17.9 Å². The van der Waals surface area contributed by atoms with Crippen molar-refractivity contribution in [2.45, 2.75) is 12.5 Å². The first-order valence-electron chi connectivity index (χ1n) is 6.69. The molecule has 6 heteroatoms. The molecule has 2 aromatic carbocycles. The molecule has 112 valence electrons. The second-order valence-corrected chi connectivity index (χ2v) is 6.30. The molecule has 1 heterocycles. The van der Waals surface area contributed by atoms with Crippen LogP contribution in [0.5, 0.6) is 0 Å². The van der Waals surface area contributed by atoms with E-state index >= 15 is 0 Å². The van der Waals surface area contributed by atoms with E-state index in [0.29, 0.717) is 10.7 Å². The molecule has 0 bridgehead atoms. The Kier molecular flexibility index (Phi) is 4.18. The zero-order chi connectivity index (χ0) is 15.7. The summed E-state index contributed by atoms with van der Waals surface area (Å²) in [7, 11) is 0. The van der Waals surface area contributed by atoms with Crippen molar-refractivity contribution >= 4 is 50.7 Å². The number of amides is 2. The minimum atomic E-state index is -0.558. The van der Waals surface area contributed by atoms with Gasteiger partial charge in [-0.2, -0.15) is 0 Å². The Balaban J connectivity index is 1.79. The second kappa shape index (κ2) is 6.10. The van der Waals surface area contributed by atoms with Gasteiger partial charge < -0.3 is 5.32 Å². The molecule has 0 unspecified atom stereocenters. The standard InChI is InChI=1S/C16H12BrClN2O2/c17-10-1-7-13(8-2-10)20-15(21)9-14(16(20)22)19-12-5-3-11(18)4-6-12/h1-8,14,19H,9H2/t14-/m1/s1. The van der Waals surface area contributed by atoms with E-state index in [-0.39, 0.29) is 18.2 Å². The number of hydrogen-bond acceptors (Lipinski definition) is 3. The molecule has 2 aromatic rings. The molecule has 1 aliphatic heterocycles. The van der Waals surface area contributed by atoms with Gasteiger partial charge in [0.2, 0.25) is 5.91 Å². The number of carbonyl (C=O) groups is 2. The fraction of sp³-hybridized carbons (Fsp3) is 0.125. The van der Waals surface area contributed by atoms with Crippen LogP contribution in [0.25, 0.3) is 0 Å². The summed E-state index contributed by atoms with van der Waals surface area (Å²) >= 11 is 9.17. The first-order valence-corrected chi connectivity index (χ1v) is 7.86. The van der Waals surface area contributed by atoms with E-state index in [0.717, 1.165) is 10.2 Å². The predicted octanol–water partition coefficient (Wildman–Crippen LogP) is 3.85. The molecule has 0 aromatic heterocycles. The smallest absolute Gasteiger partial charge is 0.256 e. The van der Waals surface area contributed by atoms with Crippen LogP contribution in [0.3, 0.4) is 0 Å². The van der Waals surface area contributed by atoms with Gasteiger partial charge >= 0.3 is 0 Å². The molecular weight excluding hydrogens is 368 g/mol. The number of nitrogens with one attached hydrogen (secondary N) is 1. The Hall–Kier alpha value is -1.85. The van der Waals surface area contributed by atoms with Crippen molar-refractivity contribution in [2.24, 2.45) is 0 Å². The number of halogens is 2. The van der Waals surface area contributed by atoms with Gasteiger partial charge in [-0.05, 0) is 48.5 Å². The molecule has 1 fully saturated rings. The van der Waals surface area contributed by atoms with Crippen LogP contribution in [-0.2, 0) is 9.59 Å². The van der Waals surface area contributed by atoms with Crippen molar-refractivity contribution in [3.8, 4) is 0 Å².